The van der Waals surface area contributed by atoms with Gasteiger partial charge in [0.25, 0.3) is 5.91 Å². The minimum absolute atomic E-state index is 0.196. The third kappa shape index (κ3) is 3.68. The molecule has 1 aromatic heterocycles. The van der Waals surface area contributed by atoms with Gasteiger partial charge < -0.3 is 11.1 Å². The molecule has 100 valence electrons. The van der Waals surface area contributed by atoms with Crippen molar-refractivity contribution in [2.24, 2.45) is 0 Å². The Labute approximate surface area is 120 Å². The number of aryl methyl sites for hydroxylation is 1. The van der Waals surface area contributed by atoms with Crippen molar-refractivity contribution in [2.45, 2.75) is 13.3 Å². The molecule has 0 fully saturated rings. The second kappa shape index (κ2) is 6.04. The number of hydrogen-bond acceptors (Lipinski definition) is 4. The van der Waals surface area contributed by atoms with Gasteiger partial charge in [-0.15, -0.1) is 11.3 Å². The molecule has 2 rings (SSSR count). The van der Waals surface area contributed by atoms with Crippen LogP contribution < -0.4 is 11.1 Å². The topological polar surface area (TPSA) is 68.0 Å². The molecule has 4 nitrogen and oxygen atoms in total. The summed E-state index contributed by atoms with van der Waals surface area (Å²) in [6.07, 6.45) is 0.719. The van der Waals surface area contributed by atoms with Crippen molar-refractivity contribution in [1.82, 2.24) is 10.3 Å². The van der Waals surface area contributed by atoms with E-state index in [0.29, 0.717) is 22.8 Å². The lowest BCUT2D eigenvalue weighted by atomic mass is 10.2. The van der Waals surface area contributed by atoms with Crippen LogP contribution in [-0.4, -0.2) is 17.4 Å². The summed E-state index contributed by atoms with van der Waals surface area (Å²) in [5.41, 5.74) is 7.57. The maximum atomic E-state index is 11.9. The van der Waals surface area contributed by atoms with E-state index >= 15 is 0 Å². The molecule has 0 atom stereocenters. The lowest BCUT2D eigenvalue weighted by Gasteiger charge is -2.06. The van der Waals surface area contributed by atoms with Gasteiger partial charge in [-0.2, -0.15) is 0 Å². The molecule has 19 heavy (non-hydrogen) atoms. The molecule has 0 saturated heterocycles. The van der Waals surface area contributed by atoms with Gasteiger partial charge in [0.05, 0.1) is 15.6 Å². The Hall–Kier alpha value is -1.59. The molecule has 0 saturated carbocycles. The number of rotatable bonds is 4. The normalized spacial score (nSPS) is 10.4. The number of aromatic nitrogens is 1. The van der Waals surface area contributed by atoms with Crippen molar-refractivity contribution in [3.63, 3.8) is 0 Å². The molecule has 0 radical (unpaired) electrons. The number of hydrogen-bond donors (Lipinski definition) is 2. The van der Waals surface area contributed by atoms with Crippen molar-refractivity contribution in [2.75, 3.05) is 12.3 Å². The zero-order valence-corrected chi connectivity index (χ0v) is 12.0. The Morgan fingerprint density at radius 3 is 2.95 bits per heavy atom. The van der Waals surface area contributed by atoms with Gasteiger partial charge in [0.1, 0.15) is 0 Å². The van der Waals surface area contributed by atoms with Gasteiger partial charge in [-0.05, 0) is 25.1 Å². The van der Waals surface area contributed by atoms with E-state index in [0.717, 1.165) is 17.1 Å². The van der Waals surface area contributed by atoms with E-state index in [-0.39, 0.29) is 5.91 Å². The number of carbonyl (C=O) groups is 1. The molecule has 0 aliphatic carbocycles. The number of nitrogens with zero attached hydrogens (tertiary/aromatic N) is 1. The SMILES string of the molecule is Cc1csc(CCNC(=O)c2ccc(N)cc2Cl)n1. The first-order valence-electron chi connectivity index (χ1n) is 5.80. The second-order valence-electron chi connectivity index (χ2n) is 4.13. The minimum Gasteiger partial charge on any atom is -0.399 e. The van der Waals surface area contributed by atoms with Gasteiger partial charge >= 0.3 is 0 Å². The van der Waals surface area contributed by atoms with Crippen LogP contribution in [0.25, 0.3) is 0 Å². The number of carbonyl (C=O) groups excluding carboxylic acids is 1. The molecule has 3 N–H and O–H groups in total. The van der Waals surface area contributed by atoms with Crippen LogP contribution >= 0.6 is 22.9 Å². The third-order valence-corrected chi connectivity index (χ3v) is 3.87. The molecular weight excluding hydrogens is 282 g/mol. The third-order valence-electron chi connectivity index (χ3n) is 2.53. The van der Waals surface area contributed by atoms with Crippen LogP contribution in [0.5, 0.6) is 0 Å². The molecule has 1 amide bonds. The molecule has 6 heteroatoms. The molecule has 0 aliphatic rings. The van der Waals surface area contributed by atoms with Crippen LogP contribution in [0.1, 0.15) is 21.1 Å². The number of nitrogen functional groups attached to an aromatic ring is 1. The monoisotopic (exact) mass is 295 g/mol. The Balaban J connectivity index is 1.90. The Morgan fingerprint density at radius 1 is 1.53 bits per heavy atom. The fourth-order valence-corrected chi connectivity index (χ4v) is 2.66. The molecular formula is C13H14ClN3OS. The molecule has 0 aliphatic heterocycles. The van der Waals surface area contributed by atoms with Crippen LogP contribution in [0.4, 0.5) is 5.69 Å². The van der Waals surface area contributed by atoms with Crippen molar-refractivity contribution in [1.29, 1.82) is 0 Å². The zero-order valence-electron chi connectivity index (χ0n) is 10.4. The van der Waals surface area contributed by atoms with Crippen LogP contribution in [0, 0.1) is 6.92 Å². The molecule has 1 aromatic carbocycles. The van der Waals surface area contributed by atoms with Crippen LogP contribution in [0.3, 0.4) is 0 Å². The minimum atomic E-state index is -0.196. The van der Waals surface area contributed by atoms with E-state index in [2.05, 4.69) is 10.3 Å². The molecule has 0 bridgehead atoms. The van der Waals surface area contributed by atoms with Gasteiger partial charge in [-0.25, -0.2) is 4.98 Å². The molecule has 0 spiro atoms. The number of nitrogens with one attached hydrogen (secondary N) is 1. The molecule has 0 unspecified atom stereocenters. The average molecular weight is 296 g/mol. The number of nitrogens with two attached hydrogens (primary N) is 1. The highest BCUT2D eigenvalue weighted by molar-refractivity contribution is 7.09. The first kappa shape index (κ1) is 13.8. The van der Waals surface area contributed by atoms with Gasteiger partial charge in [0.2, 0.25) is 0 Å². The average Bonchev–Trinajstić information content (AvgIpc) is 2.75. The first-order valence-corrected chi connectivity index (χ1v) is 7.06. The number of benzene rings is 1. The number of amides is 1. The summed E-state index contributed by atoms with van der Waals surface area (Å²) in [6, 6.07) is 4.85. The maximum absolute atomic E-state index is 11.9. The summed E-state index contributed by atoms with van der Waals surface area (Å²) < 4.78 is 0. The van der Waals surface area contributed by atoms with E-state index in [1.807, 2.05) is 12.3 Å². The summed E-state index contributed by atoms with van der Waals surface area (Å²) in [5.74, 6) is -0.196. The summed E-state index contributed by atoms with van der Waals surface area (Å²) >= 11 is 7.57. The number of anilines is 1. The van der Waals surface area contributed by atoms with E-state index in [9.17, 15) is 4.79 Å². The first-order chi connectivity index (χ1) is 9.06. The van der Waals surface area contributed by atoms with Crippen molar-refractivity contribution in [3.8, 4) is 0 Å². The van der Waals surface area contributed by atoms with Crippen LogP contribution in [-0.2, 0) is 6.42 Å². The highest BCUT2D eigenvalue weighted by Gasteiger charge is 2.10. The highest BCUT2D eigenvalue weighted by Crippen LogP contribution is 2.19. The van der Waals surface area contributed by atoms with Crippen LogP contribution in [0.2, 0.25) is 5.02 Å². The largest absolute Gasteiger partial charge is 0.399 e. The molecule has 2 aromatic rings. The summed E-state index contributed by atoms with van der Waals surface area (Å²) in [5, 5.41) is 6.19. The zero-order chi connectivity index (χ0) is 13.8. The predicted molar refractivity (Wildman–Crippen MR) is 78.8 cm³/mol. The molecule has 1 heterocycles. The smallest absolute Gasteiger partial charge is 0.252 e. The number of halogens is 1. The fraction of sp³-hybridized carbons (Fsp3) is 0.231. The lowest BCUT2D eigenvalue weighted by Crippen LogP contribution is -2.26. The quantitative estimate of drug-likeness (QED) is 0.852. The van der Waals surface area contributed by atoms with E-state index in [1.165, 1.54) is 0 Å². The summed E-state index contributed by atoms with van der Waals surface area (Å²) in [7, 11) is 0. The second-order valence-corrected chi connectivity index (χ2v) is 5.48. The van der Waals surface area contributed by atoms with Gasteiger partial charge in [0.15, 0.2) is 0 Å². The Bertz CT molecular complexity index is 597. The Morgan fingerprint density at radius 2 is 2.32 bits per heavy atom. The van der Waals surface area contributed by atoms with Gasteiger partial charge in [0, 0.05) is 29.7 Å². The maximum Gasteiger partial charge on any atom is 0.252 e. The van der Waals surface area contributed by atoms with Crippen LogP contribution in [0.15, 0.2) is 23.6 Å². The summed E-state index contributed by atoms with van der Waals surface area (Å²) in [6.45, 7) is 2.49. The standard InChI is InChI=1S/C13H14ClN3OS/c1-8-7-19-12(17-8)4-5-16-13(18)10-3-2-9(15)6-11(10)14/h2-3,6-7H,4-5,15H2,1H3,(H,16,18). The Kier molecular flexibility index (Phi) is 4.39. The van der Waals surface area contributed by atoms with E-state index < -0.39 is 0 Å². The van der Waals surface area contributed by atoms with Gasteiger partial charge in [-0.3, -0.25) is 4.79 Å². The number of thiazole rings is 1. The lowest BCUT2D eigenvalue weighted by molar-refractivity contribution is 0.0954. The highest BCUT2D eigenvalue weighted by atomic mass is 35.5. The predicted octanol–water partition coefficient (Wildman–Crippen LogP) is 2.66. The van der Waals surface area contributed by atoms with E-state index in [1.54, 1.807) is 29.5 Å². The van der Waals surface area contributed by atoms with Crippen molar-refractivity contribution < 1.29 is 4.79 Å². The van der Waals surface area contributed by atoms with Gasteiger partial charge in [-0.1, -0.05) is 11.6 Å². The van der Waals surface area contributed by atoms with E-state index in [4.69, 9.17) is 17.3 Å². The van der Waals surface area contributed by atoms with Crippen molar-refractivity contribution in [3.05, 3.63) is 44.9 Å². The van der Waals surface area contributed by atoms with Crippen molar-refractivity contribution >= 4 is 34.5 Å². The fourth-order valence-electron chi connectivity index (χ4n) is 1.61. The summed E-state index contributed by atoms with van der Waals surface area (Å²) in [4.78, 5) is 16.3.